The summed E-state index contributed by atoms with van der Waals surface area (Å²) in [7, 11) is 1.30. The third kappa shape index (κ3) is 4.94. The molecule has 142 valence electrons. The Morgan fingerprint density at radius 1 is 1.00 bits per heavy atom. The highest BCUT2D eigenvalue weighted by Gasteiger charge is 2.14. The number of carbonyl (C=O) groups excluding carboxylic acids is 2. The molecule has 3 rings (SSSR count). The van der Waals surface area contributed by atoms with Gasteiger partial charge in [0.25, 0.3) is 5.91 Å². The van der Waals surface area contributed by atoms with Gasteiger partial charge in [0.1, 0.15) is 0 Å². The molecule has 6 heteroatoms. The molecule has 0 aliphatic carbocycles. The Labute approximate surface area is 163 Å². The third-order valence-corrected chi connectivity index (χ3v) is 4.17. The fourth-order valence-electron chi connectivity index (χ4n) is 2.73. The standard InChI is InChI=1S/C22H21N3O3/c1-28-22(27)19-9-5-6-10-20(19)25-21(26)17-13-18(15-23-14-17)24-12-11-16-7-3-2-4-8-16/h2-10,13-15,24H,11-12H2,1H3,(H,25,26). The molecule has 1 heterocycles. The minimum Gasteiger partial charge on any atom is -0.465 e. The average Bonchev–Trinajstić information content (AvgIpc) is 2.74. The van der Waals surface area contributed by atoms with Crippen LogP contribution in [0.25, 0.3) is 0 Å². The fourth-order valence-corrected chi connectivity index (χ4v) is 2.73. The van der Waals surface area contributed by atoms with E-state index in [4.69, 9.17) is 4.74 Å². The molecule has 0 radical (unpaired) electrons. The summed E-state index contributed by atoms with van der Waals surface area (Å²) in [6.07, 6.45) is 4.02. The highest BCUT2D eigenvalue weighted by atomic mass is 16.5. The molecule has 2 aromatic carbocycles. The lowest BCUT2D eigenvalue weighted by Crippen LogP contribution is -2.16. The van der Waals surface area contributed by atoms with Crippen molar-refractivity contribution in [2.75, 3.05) is 24.3 Å². The van der Waals surface area contributed by atoms with Crippen molar-refractivity contribution in [3.63, 3.8) is 0 Å². The Bertz CT molecular complexity index is 958. The number of benzene rings is 2. The van der Waals surface area contributed by atoms with E-state index in [1.807, 2.05) is 18.2 Å². The van der Waals surface area contributed by atoms with Crippen molar-refractivity contribution in [2.45, 2.75) is 6.42 Å². The van der Waals surface area contributed by atoms with Crippen LogP contribution in [-0.4, -0.2) is 30.5 Å². The quantitative estimate of drug-likeness (QED) is 0.615. The third-order valence-electron chi connectivity index (χ3n) is 4.17. The van der Waals surface area contributed by atoms with Crippen LogP contribution in [0.5, 0.6) is 0 Å². The molecule has 0 aliphatic rings. The number of anilines is 2. The minimum absolute atomic E-state index is 0.295. The molecule has 0 spiro atoms. The summed E-state index contributed by atoms with van der Waals surface area (Å²) in [5.74, 6) is -0.860. The summed E-state index contributed by atoms with van der Waals surface area (Å²) in [5, 5.41) is 6.02. The second kappa shape index (κ2) is 9.32. The number of carbonyl (C=O) groups is 2. The zero-order valence-electron chi connectivity index (χ0n) is 15.5. The molecular formula is C22H21N3O3. The van der Waals surface area contributed by atoms with Crippen molar-refractivity contribution in [3.05, 3.63) is 89.7 Å². The maximum Gasteiger partial charge on any atom is 0.339 e. The first kappa shape index (κ1) is 19.1. The van der Waals surface area contributed by atoms with Crippen molar-refractivity contribution in [1.82, 2.24) is 4.98 Å². The average molecular weight is 375 g/mol. The van der Waals surface area contributed by atoms with Gasteiger partial charge in [0, 0.05) is 18.9 Å². The number of pyridine rings is 1. The van der Waals surface area contributed by atoms with E-state index in [9.17, 15) is 9.59 Å². The largest absolute Gasteiger partial charge is 0.465 e. The van der Waals surface area contributed by atoms with E-state index in [1.54, 1.807) is 36.5 Å². The van der Waals surface area contributed by atoms with Gasteiger partial charge < -0.3 is 15.4 Å². The van der Waals surface area contributed by atoms with Crippen molar-refractivity contribution in [3.8, 4) is 0 Å². The van der Waals surface area contributed by atoms with Gasteiger partial charge >= 0.3 is 5.97 Å². The molecule has 0 fully saturated rings. The van der Waals surface area contributed by atoms with Crippen LogP contribution in [0.3, 0.4) is 0 Å². The Hall–Kier alpha value is -3.67. The van der Waals surface area contributed by atoms with Gasteiger partial charge in [0.15, 0.2) is 0 Å². The van der Waals surface area contributed by atoms with Gasteiger partial charge in [-0.1, -0.05) is 42.5 Å². The summed E-state index contributed by atoms with van der Waals surface area (Å²) >= 11 is 0. The van der Waals surface area contributed by atoms with Gasteiger partial charge in [-0.05, 0) is 30.2 Å². The topological polar surface area (TPSA) is 80.3 Å². The summed E-state index contributed by atoms with van der Waals surface area (Å²) in [6, 6.07) is 18.6. The number of hydrogen-bond acceptors (Lipinski definition) is 5. The Morgan fingerprint density at radius 2 is 1.75 bits per heavy atom. The van der Waals surface area contributed by atoms with Gasteiger partial charge in [-0.25, -0.2) is 4.79 Å². The lowest BCUT2D eigenvalue weighted by molar-refractivity contribution is 0.0602. The van der Waals surface area contributed by atoms with Gasteiger partial charge in [-0.2, -0.15) is 0 Å². The van der Waals surface area contributed by atoms with E-state index >= 15 is 0 Å². The zero-order valence-corrected chi connectivity index (χ0v) is 15.5. The molecule has 6 nitrogen and oxygen atoms in total. The number of nitrogens with zero attached hydrogens (tertiary/aromatic N) is 1. The normalized spacial score (nSPS) is 10.2. The van der Waals surface area contributed by atoms with E-state index in [2.05, 4.69) is 27.8 Å². The maximum atomic E-state index is 12.6. The number of aromatic nitrogens is 1. The van der Waals surface area contributed by atoms with Crippen LogP contribution in [0.15, 0.2) is 73.1 Å². The molecule has 28 heavy (non-hydrogen) atoms. The molecule has 0 unspecified atom stereocenters. The van der Waals surface area contributed by atoms with Crippen LogP contribution in [0.2, 0.25) is 0 Å². The van der Waals surface area contributed by atoms with Crippen LogP contribution >= 0.6 is 0 Å². The first-order valence-electron chi connectivity index (χ1n) is 8.89. The molecule has 1 aromatic heterocycles. The van der Waals surface area contributed by atoms with Crippen molar-refractivity contribution < 1.29 is 14.3 Å². The van der Waals surface area contributed by atoms with Crippen molar-refractivity contribution in [2.24, 2.45) is 0 Å². The highest BCUT2D eigenvalue weighted by Crippen LogP contribution is 2.18. The summed E-state index contributed by atoms with van der Waals surface area (Å²) in [4.78, 5) is 28.6. The Morgan fingerprint density at radius 3 is 2.54 bits per heavy atom. The predicted octanol–water partition coefficient (Wildman–Crippen LogP) is 3.78. The number of para-hydroxylation sites is 1. The van der Waals surface area contributed by atoms with Gasteiger partial charge in [-0.15, -0.1) is 0 Å². The molecule has 0 aliphatic heterocycles. The molecule has 1 amide bonds. The second-order valence-electron chi connectivity index (χ2n) is 6.12. The van der Waals surface area contributed by atoms with Gasteiger partial charge in [0.2, 0.25) is 0 Å². The molecule has 0 saturated carbocycles. The molecule has 0 saturated heterocycles. The predicted molar refractivity (Wildman–Crippen MR) is 109 cm³/mol. The SMILES string of the molecule is COC(=O)c1ccccc1NC(=O)c1cncc(NCCc2ccccc2)c1. The van der Waals surface area contributed by atoms with Crippen molar-refractivity contribution in [1.29, 1.82) is 0 Å². The molecule has 3 aromatic rings. The van der Waals surface area contributed by atoms with Gasteiger partial charge in [-0.3, -0.25) is 9.78 Å². The van der Waals surface area contributed by atoms with Gasteiger partial charge in [0.05, 0.1) is 29.6 Å². The number of rotatable bonds is 7. The van der Waals surface area contributed by atoms with Crippen LogP contribution < -0.4 is 10.6 Å². The zero-order chi connectivity index (χ0) is 19.8. The lowest BCUT2D eigenvalue weighted by atomic mass is 10.1. The molecular weight excluding hydrogens is 354 g/mol. The van der Waals surface area contributed by atoms with E-state index in [0.29, 0.717) is 16.8 Å². The minimum atomic E-state index is -0.509. The maximum absolute atomic E-state index is 12.6. The summed E-state index contributed by atoms with van der Waals surface area (Å²) in [6.45, 7) is 0.724. The monoisotopic (exact) mass is 375 g/mol. The van der Waals surface area contributed by atoms with Crippen LogP contribution in [0.1, 0.15) is 26.3 Å². The van der Waals surface area contributed by atoms with E-state index in [-0.39, 0.29) is 5.91 Å². The molecule has 0 bridgehead atoms. The number of amides is 1. The van der Waals surface area contributed by atoms with E-state index < -0.39 is 5.97 Å². The number of hydrogen-bond donors (Lipinski definition) is 2. The Kier molecular flexibility index (Phi) is 6.36. The van der Waals surface area contributed by atoms with Crippen LogP contribution in [0, 0.1) is 0 Å². The summed E-state index contributed by atoms with van der Waals surface area (Å²) in [5.41, 5.74) is 3.07. The van der Waals surface area contributed by atoms with Crippen LogP contribution in [-0.2, 0) is 11.2 Å². The number of nitrogens with one attached hydrogen (secondary N) is 2. The first-order chi connectivity index (χ1) is 13.7. The van der Waals surface area contributed by atoms with Crippen molar-refractivity contribution >= 4 is 23.3 Å². The highest BCUT2D eigenvalue weighted by molar-refractivity contribution is 6.08. The summed E-state index contributed by atoms with van der Waals surface area (Å²) < 4.78 is 4.75. The van der Waals surface area contributed by atoms with E-state index in [0.717, 1.165) is 18.7 Å². The number of methoxy groups -OCH3 is 1. The lowest BCUT2D eigenvalue weighted by Gasteiger charge is -2.11. The number of ether oxygens (including phenoxy) is 1. The smallest absolute Gasteiger partial charge is 0.339 e. The molecule has 2 N–H and O–H groups in total. The van der Waals surface area contributed by atoms with Crippen LogP contribution in [0.4, 0.5) is 11.4 Å². The second-order valence-corrected chi connectivity index (χ2v) is 6.12. The van der Waals surface area contributed by atoms with E-state index in [1.165, 1.54) is 18.9 Å². The Balaban J connectivity index is 1.65. The number of esters is 1. The first-order valence-corrected chi connectivity index (χ1v) is 8.89. The molecule has 0 atom stereocenters. The fraction of sp³-hybridized carbons (Fsp3) is 0.136.